The third kappa shape index (κ3) is 6.49. The highest BCUT2D eigenvalue weighted by Gasteiger charge is 2.18. The van der Waals surface area contributed by atoms with Crippen molar-refractivity contribution >= 4 is 23.4 Å². The van der Waals surface area contributed by atoms with Crippen LogP contribution in [-0.4, -0.2) is 36.4 Å². The van der Waals surface area contributed by atoms with E-state index in [4.69, 9.17) is 16.3 Å². The molecule has 0 spiro atoms. The fourth-order valence-electron chi connectivity index (χ4n) is 3.51. The van der Waals surface area contributed by atoms with Crippen LogP contribution >= 0.6 is 11.6 Å². The Labute approximate surface area is 183 Å². The number of hydrogen-bond acceptors (Lipinski definition) is 3. The van der Waals surface area contributed by atoms with Gasteiger partial charge in [-0.25, -0.2) is 0 Å². The van der Waals surface area contributed by atoms with Crippen LogP contribution in [0.1, 0.15) is 53.6 Å². The number of ether oxygens (including phenoxy) is 1. The van der Waals surface area contributed by atoms with Gasteiger partial charge in [-0.1, -0.05) is 23.7 Å². The maximum absolute atomic E-state index is 12.6. The fourth-order valence-corrected chi connectivity index (χ4v) is 3.63. The monoisotopic (exact) mass is 428 g/mol. The molecule has 160 valence electrons. The van der Waals surface area contributed by atoms with Crippen molar-refractivity contribution in [3.8, 4) is 5.75 Å². The molecule has 2 amide bonds. The van der Waals surface area contributed by atoms with Crippen LogP contribution < -0.4 is 10.1 Å². The normalized spacial score (nSPS) is 13.7. The van der Waals surface area contributed by atoms with Crippen LogP contribution in [0.5, 0.6) is 5.75 Å². The van der Waals surface area contributed by atoms with Gasteiger partial charge in [0, 0.05) is 36.6 Å². The number of amides is 2. The second-order valence-corrected chi connectivity index (χ2v) is 8.10. The van der Waals surface area contributed by atoms with Gasteiger partial charge in [-0.2, -0.15) is 0 Å². The highest BCUT2D eigenvalue weighted by molar-refractivity contribution is 6.31. The molecule has 3 rings (SSSR count). The molecule has 0 aliphatic carbocycles. The lowest BCUT2D eigenvalue weighted by atomic mass is 10.1. The van der Waals surface area contributed by atoms with E-state index in [1.165, 1.54) is 6.42 Å². The molecule has 30 heavy (non-hydrogen) atoms. The summed E-state index contributed by atoms with van der Waals surface area (Å²) in [4.78, 5) is 26.7. The Bertz CT molecular complexity index is 879. The Morgan fingerprint density at radius 3 is 2.67 bits per heavy atom. The molecule has 2 aromatic rings. The summed E-state index contributed by atoms with van der Waals surface area (Å²) in [6.07, 6.45) is 4.35. The Balaban J connectivity index is 1.40. The fraction of sp³-hybridized carbons (Fsp3) is 0.417. The molecule has 1 aliphatic rings. The number of rotatable bonds is 8. The van der Waals surface area contributed by atoms with E-state index in [1.807, 2.05) is 54.3 Å². The van der Waals surface area contributed by atoms with Crippen molar-refractivity contribution in [1.29, 1.82) is 0 Å². The van der Waals surface area contributed by atoms with Gasteiger partial charge in [-0.3, -0.25) is 9.59 Å². The third-order valence-electron chi connectivity index (χ3n) is 5.25. The summed E-state index contributed by atoms with van der Waals surface area (Å²) in [6, 6.07) is 13.1. The first-order valence-electron chi connectivity index (χ1n) is 10.6. The zero-order valence-corrected chi connectivity index (χ0v) is 18.2. The molecule has 1 heterocycles. The second-order valence-electron chi connectivity index (χ2n) is 7.69. The lowest BCUT2D eigenvalue weighted by molar-refractivity contribution is -0.121. The topological polar surface area (TPSA) is 58.6 Å². The first-order chi connectivity index (χ1) is 14.5. The molecule has 0 radical (unpaired) electrons. The lowest BCUT2D eigenvalue weighted by Gasteiger charge is -2.26. The van der Waals surface area contributed by atoms with E-state index in [0.29, 0.717) is 36.6 Å². The van der Waals surface area contributed by atoms with Crippen LogP contribution in [0.15, 0.2) is 42.5 Å². The lowest BCUT2D eigenvalue weighted by Crippen LogP contribution is -2.35. The summed E-state index contributed by atoms with van der Waals surface area (Å²) in [5.41, 5.74) is 2.59. The van der Waals surface area contributed by atoms with E-state index >= 15 is 0 Å². The zero-order chi connectivity index (χ0) is 21.3. The largest absolute Gasteiger partial charge is 0.494 e. The minimum absolute atomic E-state index is 0.0290. The smallest absolute Gasteiger partial charge is 0.253 e. The van der Waals surface area contributed by atoms with E-state index in [0.717, 1.165) is 42.8 Å². The Morgan fingerprint density at radius 2 is 1.90 bits per heavy atom. The van der Waals surface area contributed by atoms with Crippen LogP contribution in [-0.2, 0) is 11.3 Å². The molecule has 1 N–H and O–H groups in total. The van der Waals surface area contributed by atoms with E-state index in [9.17, 15) is 9.59 Å². The van der Waals surface area contributed by atoms with Crippen molar-refractivity contribution in [3.63, 3.8) is 0 Å². The standard InChI is InChI=1S/C24H29ClN2O3/c1-18-15-21(10-11-22(18)25)30-14-6-9-23(28)26-17-19-7-5-8-20(16-19)24(29)27-12-3-2-4-13-27/h5,7-8,10-11,15-16H,2-4,6,9,12-14,17H2,1H3,(H,26,28). The number of halogens is 1. The van der Waals surface area contributed by atoms with Crippen LogP contribution in [0.4, 0.5) is 0 Å². The summed E-state index contributed by atoms with van der Waals surface area (Å²) < 4.78 is 5.67. The Hall–Kier alpha value is -2.53. The van der Waals surface area contributed by atoms with Gasteiger partial charge < -0.3 is 15.0 Å². The van der Waals surface area contributed by atoms with Crippen molar-refractivity contribution in [1.82, 2.24) is 10.2 Å². The molecule has 1 aliphatic heterocycles. The molecule has 2 aromatic carbocycles. The number of nitrogens with zero attached hydrogens (tertiary/aromatic N) is 1. The number of carbonyl (C=O) groups is 2. The zero-order valence-electron chi connectivity index (χ0n) is 17.5. The Kier molecular flexibility index (Phi) is 8.14. The van der Waals surface area contributed by atoms with Crippen molar-refractivity contribution < 1.29 is 14.3 Å². The van der Waals surface area contributed by atoms with Gasteiger partial charge in [-0.15, -0.1) is 0 Å². The molecular weight excluding hydrogens is 400 g/mol. The molecule has 0 saturated carbocycles. The van der Waals surface area contributed by atoms with E-state index < -0.39 is 0 Å². The average Bonchev–Trinajstić information content (AvgIpc) is 2.78. The second kappa shape index (κ2) is 11.0. The van der Waals surface area contributed by atoms with Crippen molar-refractivity contribution in [2.24, 2.45) is 0 Å². The first-order valence-corrected chi connectivity index (χ1v) is 10.9. The van der Waals surface area contributed by atoms with Crippen LogP contribution in [0.3, 0.4) is 0 Å². The number of piperidine rings is 1. The Morgan fingerprint density at radius 1 is 1.10 bits per heavy atom. The number of carbonyl (C=O) groups excluding carboxylic acids is 2. The van der Waals surface area contributed by atoms with Gasteiger partial charge in [0.2, 0.25) is 5.91 Å². The third-order valence-corrected chi connectivity index (χ3v) is 5.68. The minimum atomic E-state index is -0.0290. The SMILES string of the molecule is Cc1cc(OCCCC(=O)NCc2cccc(C(=O)N3CCCCC3)c2)ccc1Cl. The number of aryl methyl sites for hydroxylation is 1. The van der Waals surface area contributed by atoms with Gasteiger partial charge in [0.15, 0.2) is 0 Å². The first kappa shape index (κ1) is 22.2. The number of likely N-dealkylation sites (tertiary alicyclic amines) is 1. The van der Waals surface area contributed by atoms with E-state index in [2.05, 4.69) is 5.32 Å². The quantitative estimate of drug-likeness (QED) is 0.617. The molecule has 0 unspecified atom stereocenters. The molecule has 1 saturated heterocycles. The van der Waals surface area contributed by atoms with Crippen LogP contribution in [0, 0.1) is 6.92 Å². The van der Waals surface area contributed by atoms with Gasteiger partial charge in [0.05, 0.1) is 6.61 Å². The van der Waals surface area contributed by atoms with Crippen molar-refractivity contribution in [2.45, 2.75) is 45.6 Å². The summed E-state index contributed by atoms with van der Waals surface area (Å²) >= 11 is 6.01. The minimum Gasteiger partial charge on any atom is -0.494 e. The summed E-state index contributed by atoms with van der Waals surface area (Å²) in [5, 5.41) is 3.63. The predicted octanol–water partition coefficient (Wildman–Crippen LogP) is 4.75. The van der Waals surface area contributed by atoms with E-state index in [1.54, 1.807) is 0 Å². The average molecular weight is 429 g/mol. The highest BCUT2D eigenvalue weighted by atomic mass is 35.5. The number of benzene rings is 2. The predicted molar refractivity (Wildman–Crippen MR) is 119 cm³/mol. The van der Waals surface area contributed by atoms with Gasteiger partial charge in [0.1, 0.15) is 5.75 Å². The summed E-state index contributed by atoms with van der Waals surface area (Å²) in [6.45, 7) is 4.47. The molecular formula is C24H29ClN2O3. The number of nitrogens with one attached hydrogen (secondary N) is 1. The molecule has 5 nitrogen and oxygen atoms in total. The maximum atomic E-state index is 12.6. The maximum Gasteiger partial charge on any atom is 0.253 e. The summed E-state index contributed by atoms with van der Waals surface area (Å²) in [7, 11) is 0. The van der Waals surface area contributed by atoms with Gasteiger partial charge in [0.25, 0.3) is 5.91 Å². The van der Waals surface area contributed by atoms with Crippen molar-refractivity contribution in [3.05, 3.63) is 64.2 Å². The van der Waals surface area contributed by atoms with Crippen LogP contribution in [0.25, 0.3) is 0 Å². The molecule has 0 bridgehead atoms. The van der Waals surface area contributed by atoms with Gasteiger partial charge in [-0.05, 0) is 74.1 Å². The summed E-state index contributed by atoms with van der Waals surface area (Å²) in [5.74, 6) is 0.809. The molecule has 0 aromatic heterocycles. The number of hydrogen-bond donors (Lipinski definition) is 1. The van der Waals surface area contributed by atoms with Crippen LogP contribution in [0.2, 0.25) is 5.02 Å². The van der Waals surface area contributed by atoms with E-state index in [-0.39, 0.29) is 11.8 Å². The molecule has 6 heteroatoms. The molecule has 0 atom stereocenters. The van der Waals surface area contributed by atoms with Gasteiger partial charge >= 0.3 is 0 Å². The molecule has 1 fully saturated rings. The highest BCUT2D eigenvalue weighted by Crippen LogP contribution is 2.21. The van der Waals surface area contributed by atoms with Crippen molar-refractivity contribution in [2.75, 3.05) is 19.7 Å².